The largest absolute Gasteiger partial charge is 0.853 e. The molecule has 142 valence electrons. The predicted octanol–water partition coefficient (Wildman–Crippen LogP) is 0.665. The lowest BCUT2D eigenvalue weighted by molar-refractivity contribution is -0.363. The number of nitrogens with zero attached hydrogens (tertiary/aromatic N) is 1. The summed E-state index contributed by atoms with van der Waals surface area (Å²) in [6, 6.07) is 13.2. The van der Waals surface area contributed by atoms with Gasteiger partial charge in [0, 0.05) is 42.0 Å². The van der Waals surface area contributed by atoms with Gasteiger partial charge in [-0.3, -0.25) is 15.0 Å². The first kappa shape index (κ1) is 19.9. The van der Waals surface area contributed by atoms with Crippen LogP contribution in [0.2, 0.25) is 0 Å². The normalized spacial score (nSPS) is 10.3. The van der Waals surface area contributed by atoms with E-state index in [1.165, 1.54) is 4.90 Å². The number of nitrogens with one attached hydrogen (secondary N) is 2. The third-order valence-corrected chi connectivity index (χ3v) is 3.87. The van der Waals surface area contributed by atoms with Gasteiger partial charge in [0.1, 0.15) is 5.84 Å². The SMILES string of the molecule is N=C(N)c1ccc(NC(=O)CCC(=O)N(CC[O-])c2ccc(N)cc2)cc1. The van der Waals surface area contributed by atoms with Crippen LogP contribution in [0.15, 0.2) is 48.5 Å². The number of anilines is 3. The second-order valence-electron chi connectivity index (χ2n) is 5.88. The Balaban J connectivity index is 1.92. The highest BCUT2D eigenvalue weighted by atomic mass is 16.3. The number of carbonyl (C=O) groups excluding carboxylic acids is 2. The number of amidine groups is 1. The van der Waals surface area contributed by atoms with Gasteiger partial charge in [0.25, 0.3) is 0 Å². The smallest absolute Gasteiger partial charge is 0.227 e. The molecular weight excluding hydrogens is 346 g/mol. The maximum absolute atomic E-state index is 12.4. The summed E-state index contributed by atoms with van der Waals surface area (Å²) in [6.07, 6.45) is -0.0423. The molecule has 0 fully saturated rings. The van der Waals surface area contributed by atoms with Crippen LogP contribution in [0.1, 0.15) is 18.4 Å². The molecule has 0 aliphatic heterocycles. The molecule has 8 nitrogen and oxygen atoms in total. The molecule has 2 amide bonds. The minimum Gasteiger partial charge on any atom is -0.853 e. The summed E-state index contributed by atoms with van der Waals surface area (Å²) >= 11 is 0. The molecule has 27 heavy (non-hydrogen) atoms. The summed E-state index contributed by atoms with van der Waals surface area (Å²) < 4.78 is 0. The number of hydrogen-bond acceptors (Lipinski definition) is 5. The minimum absolute atomic E-state index is 0.0162. The average molecular weight is 368 g/mol. The zero-order chi connectivity index (χ0) is 19.8. The van der Waals surface area contributed by atoms with E-state index in [0.29, 0.717) is 22.6 Å². The summed E-state index contributed by atoms with van der Waals surface area (Å²) in [7, 11) is 0. The fourth-order valence-electron chi connectivity index (χ4n) is 2.46. The molecule has 0 radical (unpaired) electrons. The van der Waals surface area contributed by atoms with E-state index in [0.717, 1.165) is 0 Å². The van der Waals surface area contributed by atoms with Gasteiger partial charge in [-0.05, 0) is 48.5 Å². The van der Waals surface area contributed by atoms with Gasteiger partial charge in [-0.15, -0.1) is 6.61 Å². The molecule has 0 bridgehead atoms. The van der Waals surface area contributed by atoms with Gasteiger partial charge in [-0.2, -0.15) is 0 Å². The van der Waals surface area contributed by atoms with Crippen LogP contribution < -0.4 is 26.8 Å². The number of amides is 2. The van der Waals surface area contributed by atoms with Crippen LogP contribution in [0.3, 0.4) is 0 Å². The molecule has 0 unspecified atom stereocenters. The lowest BCUT2D eigenvalue weighted by Gasteiger charge is -2.24. The van der Waals surface area contributed by atoms with Crippen molar-refractivity contribution < 1.29 is 14.7 Å². The van der Waals surface area contributed by atoms with Gasteiger partial charge in [0.2, 0.25) is 11.8 Å². The highest BCUT2D eigenvalue weighted by Gasteiger charge is 2.15. The van der Waals surface area contributed by atoms with Crippen LogP contribution in [0.5, 0.6) is 0 Å². The Kier molecular flexibility index (Phi) is 6.90. The summed E-state index contributed by atoms with van der Waals surface area (Å²) in [4.78, 5) is 25.9. The lowest BCUT2D eigenvalue weighted by atomic mass is 10.2. The molecule has 8 heteroatoms. The van der Waals surface area contributed by atoms with Crippen molar-refractivity contribution in [2.75, 3.05) is 29.1 Å². The maximum atomic E-state index is 12.4. The van der Waals surface area contributed by atoms with Gasteiger partial charge in [0.15, 0.2) is 0 Å². The molecule has 0 spiro atoms. The predicted molar refractivity (Wildman–Crippen MR) is 103 cm³/mol. The van der Waals surface area contributed by atoms with Crippen LogP contribution in [-0.4, -0.2) is 30.8 Å². The Morgan fingerprint density at radius 2 is 1.67 bits per heavy atom. The zero-order valence-corrected chi connectivity index (χ0v) is 14.8. The Hall–Kier alpha value is -3.39. The molecule has 0 aliphatic rings. The van der Waals surface area contributed by atoms with E-state index in [2.05, 4.69) is 5.32 Å². The number of benzene rings is 2. The van der Waals surface area contributed by atoms with Gasteiger partial charge in [-0.25, -0.2) is 0 Å². The molecule has 0 saturated heterocycles. The second kappa shape index (κ2) is 9.35. The fraction of sp³-hybridized carbons (Fsp3) is 0.211. The molecule has 2 rings (SSSR count). The monoisotopic (exact) mass is 368 g/mol. The van der Waals surface area contributed by atoms with Crippen molar-refractivity contribution in [3.63, 3.8) is 0 Å². The van der Waals surface area contributed by atoms with E-state index in [1.807, 2.05) is 0 Å². The summed E-state index contributed by atoms with van der Waals surface area (Å²) in [5.41, 5.74) is 13.3. The van der Waals surface area contributed by atoms with Crippen LogP contribution in [0.25, 0.3) is 0 Å². The van der Waals surface area contributed by atoms with Crippen molar-refractivity contribution in [1.29, 1.82) is 5.41 Å². The molecule has 2 aromatic rings. The molecule has 0 saturated carbocycles. The fourth-order valence-corrected chi connectivity index (χ4v) is 2.46. The van der Waals surface area contributed by atoms with Crippen molar-refractivity contribution in [1.82, 2.24) is 0 Å². The van der Waals surface area contributed by atoms with Gasteiger partial charge in [-0.1, -0.05) is 0 Å². The topological polar surface area (TPSA) is 148 Å². The molecule has 6 N–H and O–H groups in total. The summed E-state index contributed by atoms with van der Waals surface area (Å²) in [5.74, 6) is -0.685. The van der Waals surface area contributed by atoms with E-state index in [9.17, 15) is 14.7 Å². The Morgan fingerprint density at radius 1 is 1.04 bits per heavy atom. The first-order valence-electron chi connectivity index (χ1n) is 8.39. The lowest BCUT2D eigenvalue weighted by Crippen LogP contribution is -2.36. The van der Waals surface area contributed by atoms with Crippen molar-refractivity contribution in [2.24, 2.45) is 5.73 Å². The summed E-state index contributed by atoms with van der Waals surface area (Å²) in [6.45, 7) is -0.415. The third-order valence-electron chi connectivity index (χ3n) is 3.87. The van der Waals surface area contributed by atoms with Crippen LogP contribution in [0.4, 0.5) is 17.1 Å². The minimum atomic E-state index is -0.440. The van der Waals surface area contributed by atoms with Crippen LogP contribution in [0, 0.1) is 5.41 Å². The van der Waals surface area contributed by atoms with E-state index >= 15 is 0 Å². The van der Waals surface area contributed by atoms with Crippen molar-refractivity contribution in [2.45, 2.75) is 12.8 Å². The van der Waals surface area contributed by atoms with Crippen molar-refractivity contribution in [3.8, 4) is 0 Å². The molecule has 0 aromatic heterocycles. The van der Waals surface area contributed by atoms with Crippen molar-refractivity contribution >= 4 is 34.7 Å². The van der Waals surface area contributed by atoms with E-state index in [1.54, 1.807) is 48.5 Å². The Bertz CT molecular complexity index is 803. The highest BCUT2D eigenvalue weighted by molar-refractivity contribution is 5.99. The Morgan fingerprint density at radius 3 is 2.22 bits per heavy atom. The summed E-state index contributed by atoms with van der Waals surface area (Å²) in [5, 5.41) is 21.0. The first-order valence-corrected chi connectivity index (χ1v) is 8.39. The molecule has 2 aromatic carbocycles. The number of carbonyl (C=O) groups is 2. The van der Waals surface area contributed by atoms with E-state index < -0.39 is 6.61 Å². The van der Waals surface area contributed by atoms with Crippen molar-refractivity contribution in [3.05, 3.63) is 54.1 Å². The van der Waals surface area contributed by atoms with E-state index in [4.69, 9.17) is 16.9 Å². The first-order chi connectivity index (χ1) is 12.9. The number of nitrogen functional groups attached to an aromatic ring is 2. The number of hydrogen-bond donors (Lipinski definition) is 4. The molecule has 0 aliphatic carbocycles. The average Bonchev–Trinajstić information content (AvgIpc) is 2.65. The molecule has 0 heterocycles. The zero-order valence-electron chi connectivity index (χ0n) is 14.8. The number of rotatable bonds is 8. The molecular formula is C19H22N5O3-. The number of nitrogens with two attached hydrogens (primary N) is 2. The quantitative estimate of drug-likeness (QED) is 0.307. The maximum Gasteiger partial charge on any atom is 0.227 e. The third kappa shape index (κ3) is 5.82. The van der Waals surface area contributed by atoms with Crippen LogP contribution in [-0.2, 0) is 9.59 Å². The van der Waals surface area contributed by atoms with Crippen LogP contribution >= 0.6 is 0 Å². The van der Waals surface area contributed by atoms with E-state index in [-0.39, 0.29) is 37.0 Å². The highest BCUT2D eigenvalue weighted by Crippen LogP contribution is 2.18. The Labute approximate surface area is 157 Å². The van der Waals surface area contributed by atoms with Gasteiger partial charge in [0.05, 0.1) is 0 Å². The van der Waals surface area contributed by atoms with Gasteiger partial charge < -0.3 is 26.8 Å². The standard InChI is InChI=1S/C19H22N5O3/c20-14-3-7-16(8-4-14)24(11-12-25)18(27)10-9-17(26)23-15-5-1-13(2-6-15)19(21)22/h1-8H,9-12,20H2,(H3,21,22)(H,23,26)/q-1. The van der Waals surface area contributed by atoms with Gasteiger partial charge >= 0.3 is 0 Å². The molecule has 0 atom stereocenters. The second-order valence-corrected chi connectivity index (χ2v) is 5.88.